The van der Waals surface area contributed by atoms with E-state index in [-0.39, 0.29) is 29.6 Å². The van der Waals surface area contributed by atoms with Gasteiger partial charge in [0.2, 0.25) is 0 Å². The molecule has 0 fully saturated rings. The molecule has 0 spiro atoms. The molecule has 0 bridgehead atoms. The van der Waals surface area contributed by atoms with E-state index in [4.69, 9.17) is 0 Å². The topological polar surface area (TPSA) is 0 Å². The Morgan fingerprint density at radius 2 is 0.704 bits per heavy atom. The van der Waals surface area contributed by atoms with Crippen LogP contribution in [0.2, 0.25) is 0 Å². The summed E-state index contributed by atoms with van der Waals surface area (Å²) >= 11 is 0. The Morgan fingerprint density at radius 3 is 1.04 bits per heavy atom. The van der Waals surface area contributed by atoms with Crippen molar-refractivity contribution in [3.8, 4) is 0 Å². The first-order valence-electron chi connectivity index (χ1n) is 9.21. The Bertz CT molecular complexity index is 868. The van der Waals surface area contributed by atoms with E-state index in [1.807, 2.05) is 0 Å². The second-order valence-electron chi connectivity index (χ2n) is 7.01. The van der Waals surface area contributed by atoms with Crippen molar-refractivity contribution in [3.63, 3.8) is 0 Å². The predicted molar refractivity (Wildman–Crippen MR) is 115 cm³/mol. The fourth-order valence-electron chi connectivity index (χ4n) is 4.23. The molecule has 27 heavy (non-hydrogen) atoms. The monoisotopic (exact) mass is 356 g/mol. The second-order valence-corrected chi connectivity index (χ2v) is 7.01. The maximum atomic E-state index is 2.29. The van der Waals surface area contributed by atoms with Crippen molar-refractivity contribution in [1.29, 1.82) is 0 Å². The van der Waals surface area contributed by atoms with Crippen LogP contribution < -0.4 is 51.4 Å². The number of hydrogen-bond donors (Lipinski definition) is 0. The molecule has 0 aliphatic rings. The van der Waals surface area contributed by atoms with Crippen molar-refractivity contribution in [3.05, 3.63) is 121 Å². The number of aryl methyl sites for hydroxylation is 1. The number of benzene rings is 4. The van der Waals surface area contributed by atoms with E-state index in [0.29, 0.717) is 0 Å². The molecule has 0 heterocycles. The molecular formula is C25H22BNa. The van der Waals surface area contributed by atoms with E-state index in [2.05, 4.69) is 122 Å². The third kappa shape index (κ3) is 3.68. The van der Waals surface area contributed by atoms with Crippen LogP contribution >= 0.6 is 0 Å². The van der Waals surface area contributed by atoms with Crippen molar-refractivity contribution >= 4 is 28.0 Å². The van der Waals surface area contributed by atoms with Crippen LogP contribution in [0.5, 0.6) is 0 Å². The third-order valence-electron chi connectivity index (χ3n) is 5.48. The van der Waals surface area contributed by atoms with E-state index in [1.165, 1.54) is 27.4 Å². The maximum Gasteiger partial charge on any atom is 1.00 e. The average molecular weight is 356 g/mol. The van der Waals surface area contributed by atoms with E-state index < -0.39 is 6.15 Å². The fraction of sp³-hybridized carbons (Fsp3) is 0.0400. The quantitative estimate of drug-likeness (QED) is 0.464. The summed E-state index contributed by atoms with van der Waals surface area (Å²) in [5, 5.41) is 0. The molecule has 2 heteroatoms. The first-order valence-corrected chi connectivity index (χ1v) is 9.21. The van der Waals surface area contributed by atoms with E-state index in [1.54, 1.807) is 0 Å². The zero-order chi connectivity index (χ0) is 17.8. The van der Waals surface area contributed by atoms with Crippen LogP contribution in [0.25, 0.3) is 0 Å². The first kappa shape index (κ1) is 19.7. The van der Waals surface area contributed by atoms with Gasteiger partial charge in [-0.15, -0.1) is 0 Å². The summed E-state index contributed by atoms with van der Waals surface area (Å²) in [4.78, 5) is 0. The standard InChI is InChI=1S/C25H22B.Na/c1-21-17-19-25(20-18-21)26(22-11-5-2-6-12-22,23-13-7-3-8-14-23)24-15-9-4-10-16-24;/h2-20H,1H3;/q-1;+1. The van der Waals surface area contributed by atoms with Gasteiger partial charge in [0.05, 0.1) is 0 Å². The summed E-state index contributed by atoms with van der Waals surface area (Å²) in [6.07, 6.45) is -1.23. The molecule has 4 rings (SSSR count). The number of hydrogen-bond acceptors (Lipinski definition) is 0. The normalized spacial score (nSPS) is 10.9. The van der Waals surface area contributed by atoms with Crippen LogP contribution in [-0.4, -0.2) is 6.15 Å². The molecule has 126 valence electrons. The molecule has 0 saturated carbocycles. The van der Waals surface area contributed by atoms with E-state index in [0.717, 1.165) is 0 Å². The van der Waals surface area contributed by atoms with Gasteiger partial charge in [-0.2, -0.15) is 21.9 Å². The summed E-state index contributed by atoms with van der Waals surface area (Å²) in [5.74, 6) is 0. The Balaban J connectivity index is 0.00000210. The first-order chi connectivity index (χ1) is 12.8. The molecule has 0 atom stereocenters. The van der Waals surface area contributed by atoms with Gasteiger partial charge in [0.1, 0.15) is 6.15 Å². The molecule has 0 aliphatic carbocycles. The Morgan fingerprint density at radius 1 is 0.407 bits per heavy atom. The predicted octanol–water partition coefficient (Wildman–Crippen LogP) is 0.376. The van der Waals surface area contributed by atoms with Gasteiger partial charge in [0.15, 0.2) is 0 Å². The van der Waals surface area contributed by atoms with Crippen LogP contribution in [0, 0.1) is 6.92 Å². The van der Waals surface area contributed by atoms with Crippen molar-refractivity contribution in [2.75, 3.05) is 0 Å². The molecule has 0 saturated heterocycles. The minimum absolute atomic E-state index is 0. The summed E-state index contributed by atoms with van der Waals surface area (Å²) < 4.78 is 0. The fourth-order valence-corrected chi connectivity index (χ4v) is 4.23. The third-order valence-corrected chi connectivity index (χ3v) is 5.48. The van der Waals surface area contributed by atoms with Crippen LogP contribution in [0.15, 0.2) is 115 Å². The van der Waals surface area contributed by atoms with E-state index >= 15 is 0 Å². The zero-order valence-corrected chi connectivity index (χ0v) is 18.0. The molecule has 0 unspecified atom stereocenters. The molecule has 4 aromatic carbocycles. The van der Waals surface area contributed by atoms with Crippen LogP contribution in [-0.2, 0) is 0 Å². The van der Waals surface area contributed by atoms with Gasteiger partial charge in [-0.25, -0.2) is 0 Å². The largest absolute Gasteiger partial charge is 1.00 e. The van der Waals surface area contributed by atoms with Gasteiger partial charge >= 0.3 is 29.6 Å². The van der Waals surface area contributed by atoms with Gasteiger partial charge in [-0.1, -0.05) is 121 Å². The Labute approximate surface area is 184 Å². The smallest absolute Gasteiger partial charge is 0.195 e. The van der Waals surface area contributed by atoms with Crippen molar-refractivity contribution < 1.29 is 29.6 Å². The SMILES string of the molecule is Cc1ccc([B-](c2ccccc2)(c2ccccc2)c2ccccc2)cc1.[Na+]. The summed E-state index contributed by atoms with van der Waals surface area (Å²) in [6, 6.07) is 41.8. The van der Waals surface area contributed by atoms with Crippen molar-refractivity contribution in [1.82, 2.24) is 0 Å². The second kappa shape index (κ2) is 8.76. The minimum Gasteiger partial charge on any atom is -0.195 e. The molecule has 0 radical (unpaired) electrons. The summed E-state index contributed by atoms with van der Waals surface area (Å²) in [6.45, 7) is 2.14. The molecule has 4 aromatic rings. The van der Waals surface area contributed by atoms with Gasteiger partial charge < -0.3 is 0 Å². The Kier molecular flexibility index (Phi) is 6.39. The van der Waals surface area contributed by atoms with Gasteiger partial charge in [0.25, 0.3) is 0 Å². The van der Waals surface area contributed by atoms with Crippen molar-refractivity contribution in [2.24, 2.45) is 0 Å². The molecule has 0 aliphatic heterocycles. The van der Waals surface area contributed by atoms with Gasteiger partial charge in [0, 0.05) is 0 Å². The molecular weight excluding hydrogens is 334 g/mol. The Hall–Kier alpha value is -2.06. The average Bonchev–Trinajstić information content (AvgIpc) is 2.72. The molecule has 0 amide bonds. The summed E-state index contributed by atoms with van der Waals surface area (Å²) in [5.41, 5.74) is 6.66. The minimum atomic E-state index is -1.23. The summed E-state index contributed by atoms with van der Waals surface area (Å²) in [7, 11) is 0. The molecule has 0 aromatic heterocycles. The molecule has 0 N–H and O–H groups in total. The van der Waals surface area contributed by atoms with Gasteiger partial charge in [-0.05, 0) is 6.92 Å². The zero-order valence-electron chi connectivity index (χ0n) is 16.0. The maximum absolute atomic E-state index is 2.29. The van der Waals surface area contributed by atoms with Gasteiger partial charge in [-0.3, -0.25) is 0 Å². The molecule has 0 nitrogen and oxygen atoms in total. The van der Waals surface area contributed by atoms with E-state index in [9.17, 15) is 0 Å². The number of rotatable bonds is 4. The van der Waals surface area contributed by atoms with Crippen molar-refractivity contribution in [2.45, 2.75) is 6.92 Å². The van der Waals surface area contributed by atoms with Crippen LogP contribution in [0.1, 0.15) is 5.56 Å². The van der Waals surface area contributed by atoms with Crippen LogP contribution in [0.4, 0.5) is 0 Å². The van der Waals surface area contributed by atoms with Crippen LogP contribution in [0.3, 0.4) is 0 Å².